The molecule has 0 saturated heterocycles. The van der Waals surface area contributed by atoms with Gasteiger partial charge in [-0.2, -0.15) is 5.26 Å². The van der Waals surface area contributed by atoms with Gasteiger partial charge in [0.05, 0.1) is 16.7 Å². The Labute approximate surface area is 119 Å². The molecule has 0 unspecified atom stereocenters. The molecular weight excluding hydrogens is 281 g/mol. The molecule has 0 aliphatic carbocycles. The minimum absolute atomic E-state index is 0.0146. The number of nitrogens with one attached hydrogen (secondary N) is 1. The molecule has 1 heterocycles. The summed E-state index contributed by atoms with van der Waals surface area (Å²) in [4.78, 5) is 15.6. The van der Waals surface area contributed by atoms with E-state index < -0.39 is 11.7 Å². The SMILES string of the molecule is N#Cc1ccc(CNC(=O)c2ccc(Cl)cn2)c(F)c1. The lowest BCUT2D eigenvalue weighted by Crippen LogP contribution is -2.24. The van der Waals surface area contributed by atoms with Gasteiger partial charge in [0.25, 0.3) is 5.91 Å². The van der Waals surface area contributed by atoms with Crippen molar-refractivity contribution in [3.63, 3.8) is 0 Å². The number of amides is 1. The third-order valence-electron chi connectivity index (χ3n) is 2.58. The van der Waals surface area contributed by atoms with E-state index in [1.54, 1.807) is 6.07 Å². The summed E-state index contributed by atoms with van der Waals surface area (Å²) >= 11 is 5.67. The second-order valence-electron chi connectivity index (χ2n) is 3.96. The first-order chi connectivity index (χ1) is 9.60. The van der Waals surface area contributed by atoms with Gasteiger partial charge in [0.15, 0.2) is 0 Å². The number of nitriles is 1. The van der Waals surface area contributed by atoms with E-state index in [2.05, 4.69) is 10.3 Å². The molecule has 2 aromatic rings. The summed E-state index contributed by atoms with van der Waals surface area (Å²) in [6.07, 6.45) is 1.36. The predicted octanol–water partition coefficient (Wildman–Crippen LogP) is 2.68. The quantitative estimate of drug-likeness (QED) is 0.944. The van der Waals surface area contributed by atoms with Gasteiger partial charge in [0.1, 0.15) is 11.5 Å². The number of halogens is 2. The maximum atomic E-state index is 13.6. The van der Waals surface area contributed by atoms with Crippen molar-refractivity contribution in [3.05, 3.63) is 64.2 Å². The minimum Gasteiger partial charge on any atom is -0.347 e. The molecule has 0 fully saturated rings. The van der Waals surface area contributed by atoms with Crippen molar-refractivity contribution >= 4 is 17.5 Å². The summed E-state index contributed by atoms with van der Waals surface area (Å²) in [7, 11) is 0. The van der Waals surface area contributed by atoms with Crippen LogP contribution in [0.25, 0.3) is 0 Å². The average Bonchev–Trinajstić information content (AvgIpc) is 2.46. The van der Waals surface area contributed by atoms with Crippen molar-refractivity contribution in [2.45, 2.75) is 6.54 Å². The number of benzene rings is 1. The highest BCUT2D eigenvalue weighted by molar-refractivity contribution is 6.30. The van der Waals surface area contributed by atoms with Gasteiger partial charge in [-0.05, 0) is 24.3 Å². The number of hydrogen-bond acceptors (Lipinski definition) is 3. The molecule has 6 heteroatoms. The minimum atomic E-state index is -0.534. The Morgan fingerprint density at radius 1 is 1.40 bits per heavy atom. The average molecular weight is 290 g/mol. The van der Waals surface area contributed by atoms with Crippen molar-refractivity contribution < 1.29 is 9.18 Å². The third-order valence-corrected chi connectivity index (χ3v) is 2.81. The van der Waals surface area contributed by atoms with E-state index in [4.69, 9.17) is 16.9 Å². The van der Waals surface area contributed by atoms with Gasteiger partial charge in [-0.25, -0.2) is 9.37 Å². The van der Waals surface area contributed by atoms with E-state index in [-0.39, 0.29) is 17.8 Å². The highest BCUT2D eigenvalue weighted by Crippen LogP contribution is 2.10. The van der Waals surface area contributed by atoms with Gasteiger partial charge in [0.2, 0.25) is 0 Å². The number of pyridine rings is 1. The van der Waals surface area contributed by atoms with Gasteiger partial charge < -0.3 is 5.32 Å². The molecule has 0 spiro atoms. The first-order valence-corrected chi connectivity index (χ1v) is 6.06. The van der Waals surface area contributed by atoms with Crippen LogP contribution in [0.15, 0.2) is 36.5 Å². The first kappa shape index (κ1) is 14.0. The van der Waals surface area contributed by atoms with E-state index in [0.29, 0.717) is 10.6 Å². The fraction of sp³-hybridized carbons (Fsp3) is 0.0714. The smallest absolute Gasteiger partial charge is 0.270 e. The van der Waals surface area contributed by atoms with Gasteiger partial charge in [-0.1, -0.05) is 17.7 Å². The van der Waals surface area contributed by atoms with E-state index in [9.17, 15) is 9.18 Å². The van der Waals surface area contributed by atoms with Crippen LogP contribution in [0.5, 0.6) is 0 Å². The Hall–Kier alpha value is -2.45. The summed E-state index contributed by atoms with van der Waals surface area (Å²) in [5, 5.41) is 11.6. The summed E-state index contributed by atoms with van der Waals surface area (Å²) in [6, 6.07) is 8.95. The Kier molecular flexibility index (Phi) is 4.28. The number of nitrogens with zero attached hydrogens (tertiary/aromatic N) is 2. The van der Waals surface area contributed by atoms with Crippen LogP contribution in [-0.2, 0) is 6.54 Å². The number of hydrogen-bond donors (Lipinski definition) is 1. The molecule has 0 radical (unpaired) electrons. The van der Waals surface area contributed by atoms with Crippen molar-refractivity contribution in [1.82, 2.24) is 10.3 Å². The van der Waals surface area contributed by atoms with Crippen LogP contribution in [0, 0.1) is 17.1 Å². The Morgan fingerprint density at radius 3 is 2.80 bits per heavy atom. The number of carbonyl (C=O) groups excluding carboxylic acids is 1. The monoisotopic (exact) mass is 289 g/mol. The molecule has 2 rings (SSSR count). The molecule has 1 N–H and O–H groups in total. The summed E-state index contributed by atoms with van der Waals surface area (Å²) in [5.74, 6) is -0.959. The summed E-state index contributed by atoms with van der Waals surface area (Å²) in [6.45, 7) is 0.0146. The van der Waals surface area contributed by atoms with E-state index in [0.717, 1.165) is 6.07 Å². The fourth-order valence-corrected chi connectivity index (χ4v) is 1.65. The zero-order chi connectivity index (χ0) is 14.5. The number of carbonyl (C=O) groups is 1. The van der Waals surface area contributed by atoms with E-state index in [1.807, 2.05) is 6.07 Å². The van der Waals surface area contributed by atoms with Crippen molar-refractivity contribution in [2.75, 3.05) is 0 Å². The molecule has 0 aliphatic heterocycles. The van der Waals surface area contributed by atoms with Gasteiger partial charge in [-0.15, -0.1) is 0 Å². The maximum Gasteiger partial charge on any atom is 0.270 e. The fourth-order valence-electron chi connectivity index (χ4n) is 1.54. The van der Waals surface area contributed by atoms with Crippen LogP contribution in [0.2, 0.25) is 5.02 Å². The molecule has 1 aromatic carbocycles. The molecule has 1 amide bonds. The highest BCUT2D eigenvalue weighted by Gasteiger charge is 2.09. The molecule has 4 nitrogen and oxygen atoms in total. The van der Waals surface area contributed by atoms with Crippen LogP contribution in [0.1, 0.15) is 21.6 Å². The topological polar surface area (TPSA) is 65.8 Å². The molecule has 100 valence electrons. The van der Waals surface area contributed by atoms with Crippen LogP contribution >= 0.6 is 11.6 Å². The number of rotatable bonds is 3. The molecular formula is C14H9ClFN3O. The zero-order valence-electron chi connectivity index (χ0n) is 10.2. The van der Waals surface area contributed by atoms with Gasteiger partial charge >= 0.3 is 0 Å². The van der Waals surface area contributed by atoms with E-state index >= 15 is 0 Å². The van der Waals surface area contributed by atoms with Crippen LogP contribution in [0.4, 0.5) is 4.39 Å². The van der Waals surface area contributed by atoms with Crippen molar-refractivity contribution in [1.29, 1.82) is 5.26 Å². The molecule has 0 atom stereocenters. The Bertz CT molecular complexity index is 680. The molecule has 1 aromatic heterocycles. The highest BCUT2D eigenvalue weighted by atomic mass is 35.5. The predicted molar refractivity (Wildman–Crippen MR) is 71.5 cm³/mol. The maximum absolute atomic E-state index is 13.6. The summed E-state index contributed by atoms with van der Waals surface area (Å²) in [5.41, 5.74) is 0.728. The van der Waals surface area contributed by atoms with Gasteiger partial charge in [0, 0.05) is 18.3 Å². The standard InChI is InChI=1S/C14H9ClFN3O/c15-11-3-4-13(18-8-11)14(20)19-7-10-2-1-9(6-17)5-12(10)16/h1-5,8H,7H2,(H,19,20). The molecule has 0 bridgehead atoms. The molecule has 0 aliphatic rings. The van der Waals surface area contributed by atoms with Crippen molar-refractivity contribution in [3.8, 4) is 6.07 Å². The van der Waals surface area contributed by atoms with Crippen LogP contribution in [-0.4, -0.2) is 10.9 Å². The van der Waals surface area contributed by atoms with Gasteiger partial charge in [-0.3, -0.25) is 4.79 Å². The van der Waals surface area contributed by atoms with E-state index in [1.165, 1.54) is 24.4 Å². The Balaban J connectivity index is 2.04. The molecule has 20 heavy (non-hydrogen) atoms. The lowest BCUT2D eigenvalue weighted by molar-refractivity contribution is 0.0945. The normalized spacial score (nSPS) is 9.85. The second kappa shape index (κ2) is 6.13. The second-order valence-corrected chi connectivity index (χ2v) is 4.40. The zero-order valence-corrected chi connectivity index (χ0v) is 11.0. The Morgan fingerprint density at radius 2 is 2.20 bits per heavy atom. The molecule has 0 saturated carbocycles. The largest absolute Gasteiger partial charge is 0.347 e. The lowest BCUT2D eigenvalue weighted by Gasteiger charge is -2.06. The first-order valence-electron chi connectivity index (χ1n) is 5.68. The number of aromatic nitrogens is 1. The lowest BCUT2D eigenvalue weighted by atomic mass is 10.1. The van der Waals surface area contributed by atoms with Crippen LogP contribution < -0.4 is 5.32 Å². The summed E-state index contributed by atoms with van der Waals surface area (Å²) < 4.78 is 13.6. The van der Waals surface area contributed by atoms with Crippen molar-refractivity contribution in [2.24, 2.45) is 0 Å². The van der Waals surface area contributed by atoms with Crippen LogP contribution in [0.3, 0.4) is 0 Å². The third kappa shape index (κ3) is 3.31.